The zero-order valence-electron chi connectivity index (χ0n) is 11.0. The Bertz CT molecular complexity index is 403. The van der Waals surface area contributed by atoms with Crippen LogP contribution in [0.1, 0.15) is 24.8 Å². The molecule has 1 heterocycles. The van der Waals surface area contributed by atoms with Crippen LogP contribution in [0.25, 0.3) is 0 Å². The van der Waals surface area contributed by atoms with Gasteiger partial charge in [-0.2, -0.15) is 0 Å². The number of benzene rings is 1. The van der Waals surface area contributed by atoms with Crippen LogP contribution in [0.2, 0.25) is 5.02 Å². The van der Waals surface area contributed by atoms with Gasteiger partial charge in [0.05, 0.1) is 18.9 Å². The van der Waals surface area contributed by atoms with E-state index in [4.69, 9.17) is 21.1 Å². The fourth-order valence-electron chi connectivity index (χ4n) is 2.21. The van der Waals surface area contributed by atoms with Crippen molar-refractivity contribution in [3.8, 4) is 5.75 Å². The van der Waals surface area contributed by atoms with Crippen LogP contribution in [-0.4, -0.2) is 26.4 Å². The third-order valence-corrected chi connectivity index (χ3v) is 3.69. The Morgan fingerprint density at radius 1 is 1.50 bits per heavy atom. The average molecular weight is 270 g/mol. The second-order valence-electron chi connectivity index (χ2n) is 4.65. The minimum atomic E-state index is 0.414. The molecule has 0 spiro atoms. The molecule has 1 fully saturated rings. The van der Waals surface area contributed by atoms with Gasteiger partial charge in [-0.15, -0.1) is 0 Å². The predicted octanol–water partition coefficient (Wildman–Crippen LogP) is 3.64. The van der Waals surface area contributed by atoms with Gasteiger partial charge in [-0.05, 0) is 37.8 Å². The zero-order valence-corrected chi connectivity index (χ0v) is 11.7. The van der Waals surface area contributed by atoms with E-state index in [2.05, 4.69) is 5.32 Å². The van der Waals surface area contributed by atoms with Crippen LogP contribution >= 0.6 is 11.6 Å². The summed E-state index contributed by atoms with van der Waals surface area (Å²) in [6.07, 6.45) is 3.81. The lowest BCUT2D eigenvalue weighted by molar-refractivity contribution is 0.107. The number of aryl methyl sites for hydroxylation is 1. The highest BCUT2D eigenvalue weighted by atomic mass is 35.5. The summed E-state index contributed by atoms with van der Waals surface area (Å²) in [4.78, 5) is 0. The van der Waals surface area contributed by atoms with Gasteiger partial charge in [-0.25, -0.2) is 0 Å². The summed E-state index contributed by atoms with van der Waals surface area (Å²) in [5, 5.41) is 4.13. The second-order valence-corrected chi connectivity index (χ2v) is 5.06. The molecule has 0 amide bonds. The van der Waals surface area contributed by atoms with Crippen molar-refractivity contribution in [1.82, 2.24) is 0 Å². The van der Waals surface area contributed by atoms with Crippen LogP contribution in [-0.2, 0) is 4.74 Å². The van der Waals surface area contributed by atoms with Crippen LogP contribution in [0.5, 0.6) is 5.75 Å². The first-order chi connectivity index (χ1) is 8.70. The molecule has 3 nitrogen and oxygen atoms in total. The van der Waals surface area contributed by atoms with Crippen molar-refractivity contribution in [2.24, 2.45) is 0 Å². The van der Waals surface area contributed by atoms with Crippen molar-refractivity contribution in [2.75, 3.05) is 25.6 Å². The molecule has 1 aliphatic rings. The molecule has 1 aliphatic heterocycles. The molecule has 18 heavy (non-hydrogen) atoms. The third-order valence-electron chi connectivity index (χ3n) is 3.29. The van der Waals surface area contributed by atoms with E-state index in [0.717, 1.165) is 41.6 Å². The van der Waals surface area contributed by atoms with Gasteiger partial charge in [-0.3, -0.25) is 0 Å². The Morgan fingerprint density at radius 3 is 3.00 bits per heavy atom. The summed E-state index contributed by atoms with van der Waals surface area (Å²) >= 11 is 6.07. The molecule has 0 aromatic heterocycles. The predicted molar refractivity (Wildman–Crippen MR) is 74.8 cm³/mol. The van der Waals surface area contributed by atoms with Crippen molar-refractivity contribution < 1.29 is 9.47 Å². The van der Waals surface area contributed by atoms with Gasteiger partial charge in [-0.1, -0.05) is 11.6 Å². The lowest BCUT2D eigenvalue weighted by atomic mass is 10.1. The van der Waals surface area contributed by atoms with E-state index < -0.39 is 0 Å². The van der Waals surface area contributed by atoms with Gasteiger partial charge in [0.1, 0.15) is 5.75 Å². The first kappa shape index (κ1) is 13.5. The van der Waals surface area contributed by atoms with E-state index in [-0.39, 0.29) is 0 Å². The Balaban J connectivity index is 1.93. The molecule has 1 aromatic carbocycles. The van der Waals surface area contributed by atoms with Gasteiger partial charge in [0.15, 0.2) is 0 Å². The van der Waals surface area contributed by atoms with Crippen LogP contribution in [0.15, 0.2) is 12.1 Å². The molecule has 1 saturated heterocycles. The highest BCUT2D eigenvalue weighted by Crippen LogP contribution is 2.31. The maximum absolute atomic E-state index is 6.07. The molecule has 0 saturated carbocycles. The lowest BCUT2D eigenvalue weighted by Crippen LogP contribution is -2.13. The minimum absolute atomic E-state index is 0.414. The average Bonchev–Trinajstić information content (AvgIpc) is 2.86. The van der Waals surface area contributed by atoms with Crippen molar-refractivity contribution in [3.63, 3.8) is 0 Å². The minimum Gasteiger partial charge on any atom is -0.495 e. The number of rotatable bonds is 5. The molecule has 1 aromatic rings. The molecular weight excluding hydrogens is 250 g/mol. The molecule has 0 bridgehead atoms. The Labute approximate surface area is 113 Å². The summed E-state index contributed by atoms with van der Waals surface area (Å²) in [7, 11) is 1.66. The smallest absolute Gasteiger partial charge is 0.143 e. The van der Waals surface area contributed by atoms with E-state index in [1.807, 2.05) is 19.1 Å². The van der Waals surface area contributed by atoms with Crippen molar-refractivity contribution in [3.05, 3.63) is 22.7 Å². The maximum Gasteiger partial charge on any atom is 0.143 e. The van der Waals surface area contributed by atoms with E-state index in [1.54, 1.807) is 7.11 Å². The number of halogens is 1. The quantitative estimate of drug-likeness (QED) is 0.885. The SMILES string of the molecule is COc1cc(Cl)c(C)cc1NCCC1CCCO1. The van der Waals surface area contributed by atoms with Gasteiger partial charge in [0.2, 0.25) is 0 Å². The first-order valence-corrected chi connectivity index (χ1v) is 6.78. The number of ether oxygens (including phenoxy) is 2. The monoisotopic (exact) mass is 269 g/mol. The van der Waals surface area contributed by atoms with Crippen molar-refractivity contribution in [1.29, 1.82) is 0 Å². The van der Waals surface area contributed by atoms with Crippen molar-refractivity contribution in [2.45, 2.75) is 32.3 Å². The molecule has 2 rings (SSSR count). The van der Waals surface area contributed by atoms with E-state index >= 15 is 0 Å². The van der Waals surface area contributed by atoms with Gasteiger partial charge in [0.25, 0.3) is 0 Å². The Morgan fingerprint density at radius 2 is 2.33 bits per heavy atom. The summed E-state index contributed by atoms with van der Waals surface area (Å²) in [5.41, 5.74) is 2.05. The molecule has 1 unspecified atom stereocenters. The van der Waals surface area contributed by atoms with Crippen LogP contribution < -0.4 is 10.1 Å². The fraction of sp³-hybridized carbons (Fsp3) is 0.571. The Hall–Kier alpha value is -0.930. The van der Waals surface area contributed by atoms with E-state index in [9.17, 15) is 0 Å². The molecule has 0 aliphatic carbocycles. The topological polar surface area (TPSA) is 30.5 Å². The number of hydrogen-bond acceptors (Lipinski definition) is 3. The summed E-state index contributed by atoms with van der Waals surface area (Å²) < 4.78 is 10.9. The third kappa shape index (κ3) is 3.30. The van der Waals surface area contributed by atoms with Gasteiger partial charge >= 0.3 is 0 Å². The van der Waals surface area contributed by atoms with Gasteiger partial charge in [0, 0.05) is 24.2 Å². The molecule has 4 heteroatoms. The lowest BCUT2D eigenvalue weighted by Gasteiger charge is -2.14. The van der Waals surface area contributed by atoms with Gasteiger partial charge < -0.3 is 14.8 Å². The van der Waals surface area contributed by atoms with E-state index in [1.165, 1.54) is 12.8 Å². The molecule has 1 N–H and O–H groups in total. The van der Waals surface area contributed by atoms with Crippen molar-refractivity contribution >= 4 is 17.3 Å². The number of methoxy groups -OCH3 is 1. The van der Waals surface area contributed by atoms with E-state index in [0.29, 0.717) is 6.10 Å². The number of nitrogens with one attached hydrogen (secondary N) is 1. The largest absolute Gasteiger partial charge is 0.495 e. The summed E-state index contributed by atoms with van der Waals surface area (Å²) in [6.45, 7) is 3.79. The maximum atomic E-state index is 6.07. The Kier molecular flexibility index (Phi) is 4.72. The highest BCUT2D eigenvalue weighted by molar-refractivity contribution is 6.31. The highest BCUT2D eigenvalue weighted by Gasteiger charge is 2.15. The fourth-order valence-corrected chi connectivity index (χ4v) is 2.36. The standard InChI is InChI=1S/C14H20ClNO2/c1-10-8-13(14(17-2)9-12(10)15)16-6-5-11-4-3-7-18-11/h8-9,11,16H,3-7H2,1-2H3. The first-order valence-electron chi connectivity index (χ1n) is 6.40. The number of hydrogen-bond donors (Lipinski definition) is 1. The zero-order chi connectivity index (χ0) is 13.0. The number of anilines is 1. The second kappa shape index (κ2) is 6.30. The van der Waals surface area contributed by atoms with Crippen LogP contribution in [0.4, 0.5) is 5.69 Å². The van der Waals surface area contributed by atoms with Crippen LogP contribution in [0, 0.1) is 6.92 Å². The summed E-state index contributed by atoms with van der Waals surface area (Å²) in [6, 6.07) is 3.88. The van der Waals surface area contributed by atoms with Crippen LogP contribution in [0.3, 0.4) is 0 Å². The normalized spacial score (nSPS) is 18.9. The molecular formula is C14H20ClNO2. The molecule has 0 radical (unpaired) electrons. The molecule has 100 valence electrons. The summed E-state index contributed by atoms with van der Waals surface area (Å²) in [5.74, 6) is 0.790. The molecule has 1 atom stereocenters.